The molecule has 0 aromatic carbocycles. The van der Waals surface area contributed by atoms with E-state index in [1.807, 2.05) is 49.9 Å². The quantitative estimate of drug-likeness (QED) is 0.629. The van der Waals surface area contributed by atoms with Gasteiger partial charge in [0.05, 0.1) is 17.8 Å². The normalized spacial score (nSPS) is 12.8. The predicted octanol–water partition coefficient (Wildman–Crippen LogP) is 2.85. The molecular weight excluding hydrogens is 302 g/mol. The number of rotatable bonds is 3. The van der Waals surface area contributed by atoms with Crippen LogP contribution >= 0.6 is 0 Å². The summed E-state index contributed by atoms with van der Waals surface area (Å²) >= 11 is 0. The van der Waals surface area contributed by atoms with Crippen molar-refractivity contribution in [1.82, 2.24) is 34.1 Å². The van der Waals surface area contributed by atoms with Gasteiger partial charge in [0.25, 0.3) is 0 Å². The van der Waals surface area contributed by atoms with Crippen molar-refractivity contribution in [3.63, 3.8) is 0 Å². The molecule has 0 amide bonds. The number of hydrogen-bond donors (Lipinski definition) is 1. The van der Waals surface area contributed by atoms with Crippen molar-refractivity contribution in [3.8, 4) is 11.4 Å². The molecule has 0 saturated carbocycles. The van der Waals surface area contributed by atoms with Gasteiger partial charge in [-0.25, -0.2) is 19.5 Å². The Hall–Kier alpha value is -2.96. The number of aromatic nitrogens is 7. The fraction of sp³-hybridized carbons (Fsp3) is 0.294. The van der Waals surface area contributed by atoms with Crippen LogP contribution in [0, 0.1) is 20.8 Å². The Morgan fingerprint density at radius 2 is 1.96 bits per heavy atom. The van der Waals surface area contributed by atoms with Gasteiger partial charge in [-0.15, -0.1) is 0 Å². The smallest absolute Gasteiger partial charge is 0.166 e. The zero-order chi connectivity index (χ0) is 16.8. The van der Waals surface area contributed by atoms with E-state index in [9.17, 15) is 0 Å². The molecule has 0 aliphatic carbocycles. The maximum Gasteiger partial charge on any atom is 0.166 e. The largest absolute Gasteiger partial charge is 0.344 e. The Morgan fingerprint density at radius 3 is 2.71 bits per heavy atom. The van der Waals surface area contributed by atoms with Crippen LogP contribution < -0.4 is 0 Å². The molecule has 7 heteroatoms. The topological polar surface area (TPSA) is 76.7 Å². The van der Waals surface area contributed by atoms with Crippen LogP contribution in [0.4, 0.5) is 0 Å². The van der Waals surface area contributed by atoms with E-state index in [1.54, 1.807) is 6.20 Å². The van der Waals surface area contributed by atoms with Crippen molar-refractivity contribution in [3.05, 3.63) is 53.8 Å². The lowest BCUT2D eigenvalue weighted by molar-refractivity contribution is 0.611. The maximum absolute atomic E-state index is 4.65. The Bertz CT molecular complexity index is 1020. The standard InChI is InChI=1S/C17H19N7/c1-10-7-12(3)24-17(22-10)14(9-20-24)16-18-5-6-23(16)13(4)15-19-8-11(2)21-15/h5-9,13H,1-4H3,(H,19,21). The first-order valence-corrected chi connectivity index (χ1v) is 7.91. The highest BCUT2D eigenvalue weighted by atomic mass is 15.3. The number of hydrogen-bond acceptors (Lipinski definition) is 4. The van der Waals surface area contributed by atoms with Gasteiger partial charge in [0, 0.05) is 35.7 Å². The maximum atomic E-state index is 4.65. The third kappa shape index (κ3) is 2.20. The molecule has 4 aromatic rings. The van der Waals surface area contributed by atoms with Crippen molar-refractivity contribution in [2.45, 2.75) is 33.7 Å². The fourth-order valence-corrected chi connectivity index (χ4v) is 3.04. The molecule has 0 spiro atoms. The summed E-state index contributed by atoms with van der Waals surface area (Å²) in [5, 5.41) is 4.47. The Kier molecular flexibility index (Phi) is 3.23. The molecule has 4 aromatic heterocycles. The fourth-order valence-electron chi connectivity index (χ4n) is 3.04. The molecule has 0 saturated heterocycles. The molecule has 0 bridgehead atoms. The van der Waals surface area contributed by atoms with E-state index in [1.165, 1.54) is 0 Å². The zero-order valence-electron chi connectivity index (χ0n) is 14.1. The lowest BCUT2D eigenvalue weighted by Gasteiger charge is -2.14. The van der Waals surface area contributed by atoms with E-state index in [0.717, 1.165) is 39.9 Å². The predicted molar refractivity (Wildman–Crippen MR) is 90.8 cm³/mol. The van der Waals surface area contributed by atoms with Crippen molar-refractivity contribution in [2.24, 2.45) is 0 Å². The molecule has 24 heavy (non-hydrogen) atoms. The van der Waals surface area contributed by atoms with E-state index < -0.39 is 0 Å². The van der Waals surface area contributed by atoms with Gasteiger partial charge in [-0.05, 0) is 33.8 Å². The summed E-state index contributed by atoms with van der Waals surface area (Å²) in [5.41, 5.74) is 4.80. The summed E-state index contributed by atoms with van der Waals surface area (Å²) in [5.74, 6) is 1.74. The van der Waals surface area contributed by atoms with Gasteiger partial charge in [-0.1, -0.05) is 0 Å². The minimum Gasteiger partial charge on any atom is -0.344 e. The highest BCUT2D eigenvalue weighted by Gasteiger charge is 2.19. The lowest BCUT2D eigenvalue weighted by Crippen LogP contribution is -2.09. The number of fused-ring (bicyclic) bond motifs is 1. The second-order valence-corrected chi connectivity index (χ2v) is 6.12. The van der Waals surface area contributed by atoms with E-state index in [2.05, 4.69) is 36.5 Å². The molecule has 122 valence electrons. The van der Waals surface area contributed by atoms with Crippen molar-refractivity contribution in [1.29, 1.82) is 0 Å². The van der Waals surface area contributed by atoms with Crippen LogP contribution in [-0.4, -0.2) is 34.1 Å². The Balaban J connectivity index is 1.86. The molecule has 1 atom stereocenters. The van der Waals surface area contributed by atoms with Crippen molar-refractivity contribution in [2.75, 3.05) is 0 Å². The molecule has 1 unspecified atom stereocenters. The van der Waals surface area contributed by atoms with Crippen LogP contribution in [0.15, 0.2) is 30.9 Å². The van der Waals surface area contributed by atoms with Gasteiger partial charge >= 0.3 is 0 Å². The number of nitrogens with one attached hydrogen (secondary N) is 1. The van der Waals surface area contributed by atoms with Gasteiger partial charge in [0.1, 0.15) is 11.6 Å². The third-order valence-corrected chi connectivity index (χ3v) is 4.22. The summed E-state index contributed by atoms with van der Waals surface area (Å²) in [6.07, 6.45) is 7.43. The summed E-state index contributed by atoms with van der Waals surface area (Å²) in [7, 11) is 0. The SMILES string of the molecule is Cc1cc(C)n2ncc(-c3nccn3C(C)c3ncc(C)[nH]3)c2n1. The van der Waals surface area contributed by atoms with Crippen LogP contribution in [0.5, 0.6) is 0 Å². The van der Waals surface area contributed by atoms with Gasteiger partial charge < -0.3 is 9.55 Å². The Morgan fingerprint density at radius 1 is 1.12 bits per heavy atom. The molecule has 7 nitrogen and oxygen atoms in total. The highest BCUT2D eigenvalue weighted by molar-refractivity contribution is 5.73. The van der Waals surface area contributed by atoms with Crippen LogP contribution in [0.3, 0.4) is 0 Å². The average Bonchev–Trinajstić information content (AvgIpc) is 3.24. The first kappa shape index (κ1) is 14.6. The highest BCUT2D eigenvalue weighted by Crippen LogP contribution is 2.27. The van der Waals surface area contributed by atoms with Crippen molar-refractivity contribution < 1.29 is 0 Å². The molecule has 0 radical (unpaired) electrons. The molecular formula is C17H19N7. The number of imidazole rings is 2. The molecule has 0 aliphatic rings. The first-order valence-electron chi connectivity index (χ1n) is 7.91. The number of nitrogens with zero attached hydrogens (tertiary/aromatic N) is 6. The molecule has 4 rings (SSSR count). The van der Waals surface area contributed by atoms with Crippen molar-refractivity contribution >= 4 is 5.65 Å². The Labute approximate surface area is 139 Å². The summed E-state index contributed by atoms with van der Waals surface area (Å²) in [6.45, 7) is 8.11. The number of aryl methyl sites for hydroxylation is 3. The van der Waals surface area contributed by atoms with Gasteiger partial charge in [0.2, 0.25) is 0 Å². The second-order valence-electron chi connectivity index (χ2n) is 6.12. The van der Waals surface area contributed by atoms with E-state index >= 15 is 0 Å². The second kappa shape index (κ2) is 5.30. The van der Waals surface area contributed by atoms with Crippen LogP contribution in [0.25, 0.3) is 17.0 Å². The van der Waals surface area contributed by atoms with E-state index in [-0.39, 0.29) is 6.04 Å². The number of H-pyrrole nitrogens is 1. The van der Waals surface area contributed by atoms with E-state index in [4.69, 9.17) is 0 Å². The molecule has 0 aliphatic heterocycles. The molecule has 1 N–H and O–H groups in total. The monoisotopic (exact) mass is 321 g/mol. The average molecular weight is 321 g/mol. The van der Waals surface area contributed by atoms with Gasteiger partial charge in [-0.2, -0.15) is 5.10 Å². The van der Waals surface area contributed by atoms with Gasteiger partial charge in [0.15, 0.2) is 5.65 Å². The van der Waals surface area contributed by atoms with Crippen LogP contribution in [0.2, 0.25) is 0 Å². The summed E-state index contributed by atoms with van der Waals surface area (Å²) in [6, 6.07) is 2.06. The van der Waals surface area contributed by atoms with Gasteiger partial charge in [-0.3, -0.25) is 0 Å². The minimum absolute atomic E-state index is 0.0389. The van der Waals surface area contributed by atoms with E-state index in [0.29, 0.717) is 0 Å². The van der Waals surface area contributed by atoms with Crippen LogP contribution in [0.1, 0.15) is 35.9 Å². The summed E-state index contributed by atoms with van der Waals surface area (Å²) < 4.78 is 3.94. The summed E-state index contributed by atoms with van der Waals surface area (Å²) in [4.78, 5) is 16.9. The molecule has 0 fully saturated rings. The minimum atomic E-state index is 0.0389. The van der Waals surface area contributed by atoms with Crippen LogP contribution in [-0.2, 0) is 0 Å². The zero-order valence-corrected chi connectivity index (χ0v) is 14.1. The first-order chi connectivity index (χ1) is 11.5. The lowest BCUT2D eigenvalue weighted by atomic mass is 10.2. The third-order valence-electron chi connectivity index (χ3n) is 4.22. The molecule has 4 heterocycles. The number of aromatic amines is 1.